The Labute approximate surface area is 585 Å². The first-order valence-electron chi connectivity index (χ1n) is 30.7. The van der Waals surface area contributed by atoms with Gasteiger partial charge in [0.25, 0.3) is 3.79 Å². The third-order valence-electron chi connectivity index (χ3n) is 15.0. The Balaban J connectivity index is 1.20. The van der Waals surface area contributed by atoms with Crippen LogP contribution in [0, 0.1) is 5.41 Å². The van der Waals surface area contributed by atoms with Gasteiger partial charge >= 0.3 is 59.7 Å². The molecule has 6 aromatic rings. The number of hydrogen-bond donors (Lipinski definition) is 1. The molecule has 0 saturated carbocycles. The van der Waals surface area contributed by atoms with Gasteiger partial charge in [0.1, 0.15) is 24.9 Å². The highest BCUT2D eigenvalue weighted by Crippen LogP contribution is 2.38. The zero-order chi connectivity index (χ0) is 71.6. The molecule has 0 spiro atoms. The lowest BCUT2D eigenvalue weighted by Gasteiger charge is -2.47. The maximum absolute atomic E-state index is 14.7. The van der Waals surface area contributed by atoms with Crippen LogP contribution in [0.4, 0.5) is 0 Å². The summed E-state index contributed by atoms with van der Waals surface area (Å²) in [4.78, 5) is 138. The first-order chi connectivity index (χ1) is 47.9. The number of ether oxygens (including phenoxy) is 16. The minimum atomic E-state index is -2.67. The number of carbonyl (C=O) groups is 10. The van der Waals surface area contributed by atoms with Gasteiger partial charge in [-0.2, -0.15) is 0 Å². The molecule has 6 aromatic carbocycles. The summed E-state index contributed by atoms with van der Waals surface area (Å²) < 4.78 is 95.4. The second-order valence-corrected chi connectivity index (χ2v) is 24.5. The SMILES string of the molecule is CC(=O)OC[C@H]1O[C@H](OC[C@H]2O[C@@H](OC[C@H]3O[C@H](OC(=N)C(Cl)(Cl)Cl)[C@H](OC(=O)c4ccccc4)[C@@H](OC(=O)c4ccccc4)[C@H]3OC(=O)c3ccccc3)[C@H](OC(=O)c3ccccc3)[C@@H](OC(=O)c3ccccc3)[C@H]2OC(=O)c2ccccc2)[C@H](OC(C)=O)[C@@H](OC(C)=O)[C@H]1OC(C)=O. The summed E-state index contributed by atoms with van der Waals surface area (Å²) in [7, 11) is 0. The molecular weight excluding hydrogens is 1380 g/mol. The van der Waals surface area contributed by atoms with Crippen molar-refractivity contribution in [3.63, 3.8) is 0 Å². The van der Waals surface area contributed by atoms with Crippen LogP contribution in [-0.2, 0) is 95.0 Å². The van der Waals surface area contributed by atoms with Crippen molar-refractivity contribution < 1.29 is 124 Å². The van der Waals surface area contributed by atoms with E-state index < -0.39 is 181 Å². The molecule has 1 N–H and O–H groups in total. The van der Waals surface area contributed by atoms with Crippen molar-refractivity contribution in [1.29, 1.82) is 5.41 Å². The maximum atomic E-state index is 14.7. The topological polar surface area (TPSA) is 342 Å². The Kier molecular flexibility index (Phi) is 25.9. The van der Waals surface area contributed by atoms with Gasteiger partial charge in [0.15, 0.2) is 61.4 Å². The van der Waals surface area contributed by atoms with E-state index in [1.165, 1.54) is 146 Å². The third kappa shape index (κ3) is 20.0. The number of carbonyl (C=O) groups excluding carboxylic acids is 10. The quantitative estimate of drug-likeness (QED) is 0.0196. The number of esters is 10. The van der Waals surface area contributed by atoms with Crippen molar-refractivity contribution in [2.45, 2.75) is 124 Å². The van der Waals surface area contributed by atoms with Crippen LogP contribution in [0.15, 0.2) is 182 Å². The molecule has 526 valence electrons. The van der Waals surface area contributed by atoms with E-state index in [0.29, 0.717) is 0 Å². The van der Waals surface area contributed by atoms with E-state index in [0.717, 1.165) is 27.7 Å². The van der Waals surface area contributed by atoms with Gasteiger partial charge < -0.3 is 75.8 Å². The molecule has 100 heavy (non-hydrogen) atoms. The zero-order valence-corrected chi connectivity index (χ0v) is 55.6. The summed E-state index contributed by atoms with van der Waals surface area (Å²) in [5.74, 6) is -11.6. The van der Waals surface area contributed by atoms with E-state index in [-0.39, 0.29) is 33.4 Å². The van der Waals surface area contributed by atoms with Gasteiger partial charge in [-0.1, -0.05) is 144 Å². The average Bonchev–Trinajstić information content (AvgIpc) is 0.776. The van der Waals surface area contributed by atoms with Crippen LogP contribution in [0.5, 0.6) is 0 Å². The van der Waals surface area contributed by atoms with E-state index in [2.05, 4.69) is 0 Å². The average molecular weight is 1440 g/mol. The van der Waals surface area contributed by atoms with Crippen LogP contribution in [0.25, 0.3) is 0 Å². The number of halogens is 3. The first-order valence-corrected chi connectivity index (χ1v) is 31.8. The van der Waals surface area contributed by atoms with Gasteiger partial charge in [0.05, 0.1) is 46.6 Å². The Bertz CT molecular complexity index is 3840. The fourth-order valence-electron chi connectivity index (χ4n) is 10.5. The smallest absolute Gasteiger partial charge is 0.338 e. The highest BCUT2D eigenvalue weighted by molar-refractivity contribution is 6.76. The van der Waals surface area contributed by atoms with Crippen molar-refractivity contribution in [2.75, 3.05) is 19.8 Å². The first kappa shape index (κ1) is 74.4. The molecule has 3 heterocycles. The summed E-state index contributed by atoms with van der Waals surface area (Å²) in [6.07, 6.45) is -29.3. The number of alkyl halides is 3. The minimum absolute atomic E-state index is 0.0670. The molecular formula is C70H64Cl3NO26. The Morgan fingerprint density at radius 2 is 0.540 bits per heavy atom. The lowest BCUT2D eigenvalue weighted by molar-refractivity contribution is -0.338. The largest absolute Gasteiger partial charge is 0.463 e. The van der Waals surface area contributed by atoms with Gasteiger partial charge in [-0.25, -0.2) is 28.8 Å². The second-order valence-electron chi connectivity index (χ2n) is 22.2. The van der Waals surface area contributed by atoms with Crippen molar-refractivity contribution >= 4 is 100 Å². The Morgan fingerprint density at radius 1 is 0.310 bits per heavy atom. The number of benzene rings is 6. The molecule has 3 aliphatic heterocycles. The van der Waals surface area contributed by atoms with E-state index in [1.54, 1.807) is 36.4 Å². The zero-order valence-electron chi connectivity index (χ0n) is 53.4. The van der Waals surface area contributed by atoms with E-state index in [1.807, 2.05) is 0 Å². The van der Waals surface area contributed by atoms with Gasteiger partial charge in [-0.3, -0.25) is 24.6 Å². The minimum Gasteiger partial charge on any atom is -0.463 e. The highest BCUT2D eigenvalue weighted by atomic mass is 35.6. The van der Waals surface area contributed by atoms with Gasteiger partial charge in [0.2, 0.25) is 18.3 Å². The number of rotatable bonds is 24. The predicted molar refractivity (Wildman–Crippen MR) is 344 cm³/mol. The molecule has 0 amide bonds. The van der Waals surface area contributed by atoms with Crippen LogP contribution in [0.3, 0.4) is 0 Å². The molecule has 3 fully saturated rings. The molecule has 9 rings (SSSR count). The van der Waals surface area contributed by atoms with Crippen molar-refractivity contribution in [2.24, 2.45) is 0 Å². The molecule has 15 atom stereocenters. The van der Waals surface area contributed by atoms with Gasteiger partial charge in [-0.15, -0.1) is 0 Å². The van der Waals surface area contributed by atoms with Crippen LogP contribution in [-0.4, -0.2) is 181 Å². The standard InChI is InChI=1S/C70H64Cl3NO26/c1-38(75)85-35-48-51(88-39(2)76)54(89-40(3)77)57(90-41(4)78)66(91-48)86-36-49-52(94-60(79)42-23-11-5-12-24-42)55(96-62(81)44-27-15-7-16-28-44)58(98-64(83)46-31-19-9-20-32-46)67(92-49)87-37-50-53(95-61(80)43-25-13-6-14-26-43)56(97-63(82)45-29-17-8-18-30-45)59(68(93-50)100-69(74)70(71,72)73)99-65(84)47-33-21-10-22-34-47/h5-34,48-59,66-68,74H,35-37H2,1-4H3/t48-,49-,50-,51+,52+,53+,54+,55+,56+,57-,58-,59-,66+,67-,68-/m1/s1. The van der Waals surface area contributed by atoms with Crippen LogP contribution in [0.2, 0.25) is 0 Å². The molecule has 0 bridgehead atoms. The molecule has 3 aliphatic rings. The Morgan fingerprint density at radius 3 is 0.840 bits per heavy atom. The summed E-state index contributed by atoms with van der Waals surface area (Å²) in [6.45, 7) is 1.37. The third-order valence-corrected chi connectivity index (χ3v) is 15.5. The van der Waals surface area contributed by atoms with Crippen molar-refractivity contribution in [3.8, 4) is 0 Å². The number of nitrogens with one attached hydrogen (secondary N) is 1. The summed E-state index contributed by atoms with van der Waals surface area (Å²) in [5.41, 5.74) is -0.494. The normalized spacial score (nSPS) is 24.8. The van der Waals surface area contributed by atoms with Gasteiger partial charge in [0, 0.05) is 27.7 Å². The molecule has 0 aliphatic carbocycles. The fourth-order valence-corrected chi connectivity index (χ4v) is 10.7. The van der Waals surface area contributed by atoms with Crippen LogP contribution < -0.4 is 0 Å². The molecule has 27 nitrogen and oxygen atoms in total. The molecule has 0 aromatic heterocycles. The fraction of sp³-hybridized carbons (Fsp3) is 0.329. The van der Waals surface area contributed by atoms with Crippen LogP contribution >= 0.6 is 34.8 Å². The summed E-state index contributed by atoms with van der Waals surface area (Å²) in [6, 6.07) is 44.3. The second kappa shape index (κ2) is 34.8. The molecule has 3 saturated heterocycles. The molecule has 0 unspecified atom stereocenters. The van der Waals surface area contributed by atoms with Crippen LogP contribution in [0.1, 0.15) is 89.8 Å². The Hall–Kier alpha value is -9.84. The lowest BCUT2D eigenvalue weighted by atomic mass is 9.96. The van der Waals surface area contributed by atoms with E-state index in [9.17, 15) is 47.9 Å². The molecule has 30 heteroatoms. The predicted octanol–water partition coefficient (Wildman–Crippen LogP) is 8.27. The monoisotopic (exact) mass is 1440 g/mol. The molecule has 0 radical (unpaired) electrons. The van der Waals surface area contributed by atoms with Gasteiger partial charge in [-0.05, 0) is 72.8 Å². The van der Waals surface area contributed by atoms with E-state index >= 15 is 0 Å². The van der Waals surface area contributed by atoms with Crippen molar-refractivity contribution in [1.82, 2.24) is 0 Å². The maximum Gasteiger partial charge on any atom is 0.338 e. The van der Waals surface area contributed by atoms with E-state index in [4.69, 9.17) is 116 Å². The number of hydrogen-bond acceptors (Lipinski definition) is 27. The summed E-state index contributed by atoms with van der Waals surface area (Å²) in [5, 5.41) is 8.78. The summed E-state index contributed by atoms with van der Waals surface area (Å²) >= 11 is 18.6. The van der Waals surface area contributed by atoms with Crippen molar-refractivity contribution in [3.05, 3.63) is 215 Å². The lowest BCUT2D eigenvalue weighted by Crippen LogP contribution is -2.66. The highest BCUT2D eigenvalue weighted by Gasteiger charge is 2.59.